The zero-order valence-corrected chi connectivity index (χ0v) is 79.2. The van der Waals surface area contributed by atoms with Crippen LogP contribution in [0.4, 0.5) is 34.1 Å². The number of carbonyl (C=O) groups excluding carboxylic acids is 16. The van der Waals surface area contributed by atoms with Crippen molar-refractivity contribution >= 4 is 154 Å². The van der Waals surface area contributed by atoms with Crippen molar-refractivity contribution in [1.29, 1.82) is 0 Å². The van der Waals surface area contributed by atoms with Crippen molar-refractivity contribution in [3.8, 4) is 23.0 Å². The highest BCUT2D eigenvalue weighted by atomic mass is 28.5. The SMILES string of the molecule is C=C.C=C.CC(C)(c1ccc(Oc2ccc(N3C(=O)C=CC3=O)cc2)cc1)c1ccc(Oc2ccc(N3C(=O)C=CC3=O)cc2)cc1.CCc1cc(Cc2cc(C)c(N3C(=O)C=CC3=O)c(CC)c2)cc(C)c1N1C(=O)C=CC1=O.C[Si](C)(CN1C(=O)C=CC1=O)O[Si](C)(C)O[Si](C)(C)CN1C(=O)C=CC1=O.O=C1C=CC(=O)N1c1ccc(Cc2ccc(N3C(=O)C=CC3=O)cc2)cc1. The van der Waals surface area contributed by atoms with Crippen molar-refractivity contribution in [3.63, 3.8) is 0 Å². The fourth-order valence-electron chi connectivity index (χ4n) is 16.1. The first-order valence-corrected chi connectivity index (χ1v) is 51.8. The van der Waals surface area contributed by atoms with Gasteiger partial charge in [0.1, 0.15) is 23.0 Å². The molecule has 8 aromatic rings. The molecule has 8 aliphatic heterocycles. The quantitative estimate of drug-likeness (QED) is 0.0276. The molecule has 134 heavy (non-hydrogen) atoms. The lowest BCUT2D eigenvalue weighted by Crippen LogP contribution is -2.59. The zero-order valence-electron chi connectivity index (χ0n) is 76.2. The van der Waals surface area contributed by atoms with Crippen molar-refractivity contribution in [2.75, 3.05) is 41.7 Å². The van der Waals surface area contributed by atoms with E-state index in [1.165, 1.54) is 117 Å². The first-order valence-electron chi connectivity index (χ1n) is 42.7. The number of nitrogens with zero attached hydrogens (tertiary/aromatic N) is 8. The van der Waals surface area contributed by atoms with E-state index in [4.69, 9.17) is 17.7 Å². The van der Waals surface area contributed by atoms with Gasteiger partial charge >= 0.3 is 8.56 Å². The van der Waals surface area contributed by atoms with Gasteiger partial charge in [0.05, 0.1) is 34.1 Å². The van der Waals surface area contributed by atoms with Crippen LogP contribution in [0.25, 0.3) is 0 Å². The number of hydrogen-bond donors (Lipinski definition) is 0. The van der Waals surface area contributed by atoms with Gasteiger partial charge in [-0.25, -0.2) is 29.4 Å². The number of ether oxygens (including phenoxy) is 2. The molecule has 16 amide bonds. The predicted molar refractivity (Wildman–Crippen MR) is 516 cm³/mol. The Labute approximate surface area is 779 Å². The molecular formula is C103H100N8O20Si3. The highest BCUT2D eigenvalue weighted by Gasteiger charge is 2.45. The van der Waals surface area contributed by atoms with Crippen LogP contribution in [0.1, 0.15) is 83.3 Å². The molecule has 0 unspecified atom stereocenters. The monoisotopic (exact) mass is 1850 g/mol. The molecule has 684 valence electrons. The average Bonchev–Trinajstić information content (AvgIpc) is 1.55. The molecular weight excluding hydrogens is 1750 g/mol. The van der Waals surface area contributed by atoms with Crippen molar-refractivity contribution in [2.45, 2.75) is 112 Å². The summed E-state index contributed by atoms with van der Waals surface area (Å²) in [4.78, 5) is 200. The van der Waals surface area contributed by atoms with E-state index in [0.717, 1.165) is 75.2 Å². The van der Waals surface area contributed by atoms with Crippen LogP contribution < -0.4 is 38.9 Å². The summed E-state index contributed by atoms with van der Waals surface area (Å²) in [5.41, 5.74) is 13.1. The van der Waals surface area contributed by atoms with Crippen LogP contribution in [-0.2, 0) is 116 Å². The van der Waals surface area contributed by atoms with Crippen LogP contribution in [0.3, 0.4) is 0 Å². The molecule has 0 saturated carbocycles. The number of carbonyl (C=O) groups is 16. The summed E-state index contributed by atoms with van der Waals surface area (Å²) in [6.45, 7) is 35.7. The fraction of sp³-hybridized carbons (Fsp3) is 0.184. The van der Waals surface area contributed by atoms with Gasteiger partial charge in [0, 0.05) is 115 Å². The van der Waals surface area contributed by atoms with Gasteiger partial charge in [-0.15, -0.1) is 26.3 Å². The average molecular weight is 1850 g/mol. The first kappa shape index (κ1) is 99.0. The second-order valence-electron chi connectivity index (χ2n) is 33.5. The number of benzene rings is 8. The molecule has 0 atom stereocenters. The molecule has 8 heterocycles. The van der Waals surface area contributed by atoms with Crippen LogP contribution >= 0.6 is 0 Å². The number of hydrogen-bond acceptors (Lipinski definition) is 20. The molecule has 0 aliphatic carbocycles. The van der Waals surface area contributed by atoms with Crippen LogP contribution in [0.5, 0.6) is 23.0 Å². The Morgan fingerprint density at radius 1 is 0.276 bits per heavy atom. The Morgan fingerprint density at radius 3 is 0.724 bits per heavy atom. The van der Waals surface area contributed by atoms with Gasteiger partial charge in [-0.2, -0.15) is 0 Å². The van der Waals surface area contributed by atoms with Crippen LogP contribution in [0, 0.1) is 13.8 Å². The minimum atomic E-state index is -2.62. The van der Waals surface area contributed by atoms with Gasteiger partial charge in [-0.05, 0) is 232 Å². The maximum Gasteiger partial charge on any atom is 0.311 e. The summed E-state index contributed by atoms with van der Waals surface area (Å²) in [5.74, 6) is -2.88. The highest BCUT2D eigenvalue weighted by molar-refractivity contribution is 6.88. The van der Waals surface area contributed by atoms with Gasteiger partial charge in [0.25, 0.3) is 94.5 Å². The molecule has 16 rings (SSSR count). The van der Waals surface area contributed by atoms with Crippen LogP contribution in [0.15, 0.2) is 293 Å². The summed E-state index contributed by atoms with van der Waals surface area (Å²) >= 11 is 0. The number of anilines is 6. The predicted octanol–water partition coefficient (Wildman–Crippen LogP) is 15.1. The van der Waals surface area contributed by atoms with Gasteiger partial charge in [-0.3, -0.25) is 86.5 Å². The molecule has 31 heteroatoms. The lowest BCUT2D eigenvalue weighted by atomic mass is 9.78. The van der Waals surface area contributed by atoms with E-state index < -0.39 is 25.2 Å². The third-order valence-electron chi connectivity index (χ3n) is 21.9. The van der Waals surface area contributed by atoms with Crippen molar-refractivity contribution < 1.29 is 94.4 Å². The van der Waals surface area contributed by atoms with Crippen molar-refractivity contribution in [2.24, 2.45) is 0 Å². The molecule has 8 aromatic carbocycles. The summed E-state index contributed by atoms with van der Waals surface area (Å²) < 4.78 is 24.7. The molecule has 0 radical (unpaired) electrons. The Morgan fingerprint density at radius 2 is 0.485 bits per heavy atom. The maximum atomic E-state index is 12.2. The number of aryl methyl sites for hydroxylation is 4. The Kier molecular flexibility index (Phi) is 31.1. The van der Waals surface area contributed by atoms with E-state index in [9.17, 15) is 76.7 Å². The Balaban J connectivity index is 0.000000173. The Bertz CT molecular complexity index is 5820. The third-order valence-corrected chi connectivity index (χ3v) is 32.4. The van der Waals surface area contributed by atoms with E-state index >= 15 is 0 Å². The molecule has 0 fully saturated rings. The highest BCUT2D eigenvalue weighted by Crippen LogP contribution is 2.39. The summed E-state index contributed by atoms with van der Waals surface area (Å²) in [7, 11) is -7.45. The largest absolute Gasteiger partial charge is 0.457 e. The van der Waals surface area contributed by atoms with Crippen LogP contribution in [-0.4, -0.2) is 142 Å². The van der Waals surface area contributed by atoms with Crippen LogP contribution in [0.2, 0.25) is 39.3 Å². The maximum absolute atomic E-state index is 12.2. The van der Waals surface area contributed by atoms with Gasteiger partial charge < -0.3 is 17.7 Å². The summed E-state index contributed by atoms with van der Waals surface area (Å²) in [6.07, 6.45) is 23.5. The van der Waals surface area contributed by atoms with Crippen molar-refractivity contribution in [3.05, 3.63) is 349 Å². The zero-order chi connectivity index (χ0) is 97.6. The molecule has 0 N–H and O–H groups in total. The Hall–Kier alpha value is -15.5. The molecule has 8 aliphatic rings. The van der Waals surface area contributed by atoms with E-state index in [0.29, 0.717) is 82.8 Å². The van der Waals surface area contributed by atoms with E-state index in [1.807, 2.05) is 164 Å². The van der Waals surface area contributed by atoms with Gasteiger partial charge in [-0.1, -0.05) is 100 Å². The summed E-state index contributed by atoms with van der Waals surface area (Å²) in [6, 6.07) is 51.8. The molecule has 0 bridgehead atoms. The minimum Gasteiger partial charge on any atom is -0.457 e. The van der Waals surface area contributed by atoms with E-state index in [-0.39, 0.29) is 112 Å². The standard InChI is InChI=1S/C35H26N2O6.C27H26N2O4.C21H14N2O4.C16H26N2O6Si3.2C2H4/c1-35(2,23-3-11-27(12-4-23)42-29-15-7-25(8-16-29)36-31(38)19-20-32(36)39)24-5-13-28(14-6-24)43-30-17-9-26(10-18-30)37-33(40)21-22-34(37)41;1-5-20-14-18(11-16(3)26(20)28-22(30)7-8-23(28)31)13-19-12-17(4)27(21(6-2)15-19)29-24(32)9-10-25(29)33;24-18-9-10-19(25)22(18)16-5-1-14(2-6-16)13-15-3-7-17(8-4-15)23-20(26)11-12-21(23)27;1-25(2,11-17-13(19)7-8-14(17)20)23-27(5,6)24-26(3,4)12-18-15(21)9-10-16(18)22;2*1-2/h3-22H,1-2H3;7-12,14-15H,5-6,13H2,1-4H3;1-12H,13H2;7-10H,11-12H2,1-6H3;2*1-2H2. The molecule has 0 spiro atoms. The van der Waals surface area contributed by atoms with Gasteiger partial charge in [0.15, 0.2) is 16.6 Å². The second kappa shape index (κ2) is 42.1. The number of rotatable bonds is 26. The first-order chi connectivity index (χ1) is 63.7. The molecule has 0 saturated heterocycles. The molecule has 28 nitrogen and oxygen atoms in total. The minimum absolute atomic E-state index is 0.256. The lowest BCUT2D eigenvalue weighted by Gasteiger charge is -2.40. The van der Waals surface area contributed by atoms with E-state index in [2.05, 4.69) is 40.2 Å². The van der Waals surface area contributed by atoms with Gasteiger partial charge in [0.2, 0.25) is 0 Å². The van der Waals surface area contributed by atoms with Crippen molar-refractivity contribution in [1.82, 2.24) is 9.80 Å². The fourth-order valence-corrected chi connectivity index (χ4v) is 30.0. The van der Waals surface area contributed by atoms with E-state index in [1.54, 1.807) is 72.8 Å². The molecule has 0 aromatic heterocycles. The number of imide groups is 8. The normalized spacial score (nSPS) is 15.6. The number of amides is 16. The second-order valence-corrected chi connectivity index (χ2v) is 45.6. The summed E-state index contributed by atoms with van der Waals surface area (Å²) in [5, 5.41) is 0. The smallest absolute Gasteiger partial charge is 0.311 e. The lowest BCUT2D eigenvalue weighted by molar-refractivity contribution is -0.137. The third kappa shape index (κ3) is 23.2. The topological polar surface area (TPSA) is 336 Å².